The van der Waals surface area contributed by atoms with Gasteiger partial charge in [-0.3, -0.25) is 9.69 Å². The van der Waals surface area contributed by atoms with Crippen LogP contribution in [0.5, 0.6) is 11.5 Å². The van der Waals surface area contributed by atoms with Crippen molar-refractivity contribution in [2.24, 2.45) is 0 Å². The van der Waals surface area contributed by atoms with Gasteiger partial charge in [-0.15, -0.1) is 0 Å². The Morgan fingerprint density at radius 3 is 2.74 bits per heavy atom. The maximum absolute atomic E-state index is 12.2. The van der Waals surface area contributed by atoms with Gasteiger partial charge in [0.2, 0.25) is 0 Å². The Morgan fingerprint density at radius 1 is 1.37 bits per heavy atom. The van der Waals surface area contributed by atoms with Crippen molar-refractivity contribution in [3.05, 3.63) is 23.8 Å². The molecular weight excluding hydrogens is 244 g/mol. The highest BCUT2D eigenvalue weighted by atomic mass is 16.3. The van der Waals surface area contributed by atoms with E-state index in [4.69, 9.17) is 0 Å². The summed E-state index contributed by atoms with van der Waals surface area (Å²) in [6.45, 7) is 5.13. The summed E-state index contributed by atoms with van der Waals surface area (Å²) in [6.07, 6.45) is 0. The number of carbonyl (C=O) groups excluding carboxylic acids is 1. The number of likely N-dealkylation sites (N-methyl/N-ethyl adjacent to an activating group) is 1. The van der Waals surface area contributed by atoms with Gasteiger partial charge in [0.15, 0.2) is 5.78 Å². The number of phenols is 2. The molecule has 0 bridgehead atoms. The van der Waals surface area contributed by atoms with E-state index in [2.05, 4.69) is 23.8 Å². The first-order chi connectivity index (χ1) is 8.97. The number of carbonyl (C=O) groups is 1. The maximum Gasteiger partial charge on any atom is 0.180 e. The van der Waals surface area contributed by atoms with Crippen molar-refractivity contribution in [2.45, 2.75) is 13.0 Å². The minimum absolute atomic E-state index is 0.0398. The van der Waals surface area contributed by atoms with Crippen LogP contribution >= 0.6 is 0 Å². The van der Waals surface area contributed by atoms with E-state index in [9.17, 15) is 15.0 Å². The average molecular weight is 264 g/mol. The summed E-state index contributed by atoms with van der Waals surface area (Å²) < 4.78 is 0. The monoisotopic (exact) mass is 264 g/mol. The Morgan fingerprint density at radius 2 is 2.11 bits per heavy atom. The third-order valence-corrected chi connectivity index (χ3v) is 3.60. The highest BCUT2D eigenvalue weighted by molar-refractivity contribution is 6.00. The van der Waals surface area contributed by atoms with Gasteiger partial charge >= 0.3 is 0 Å². The lowest BCUT2D eigenvalue weighted by molar-refractivity contribution is 0.0745. The number of aromatic hydroxyl groups is 2. The van der Waals surface area contributed by atoms with E-state index >= 15 is 0 Å². The largest absolute Gasteiger partial charge is 0.508 e. The van der Waals surface area contributed by atoms with Crippen molar-refractivity contribution in [3.63, 3.8) is 0 Å². The second kappa shape index (κ2) is 5.59. The quantitative estimate of drug-likeness (QED) is 0.795. The van der Waals surface area contributed by atoms with Crippen LogP contribution in [-0.2, 0) is 0 Å². The molecular formula is C14H20N2O3. The van der Waals surface area contributed by atoms with Gasteiger partial charge in [-0.05, 0) is 26.1 Å². The van der Waals surface area contributed by atoms with Crippen molar-refractivity contribution in [2.75, 3.05) is 33.2 Å². The maximum atomic E-state index is 12.2. The molecule has 1 aromatic rings. The van der Waals surface area contributed by atoms with E-state index in [-0.39, 0.29) is 22.8 Å². The van der Waals surface area contributed by atoms with Gasteiger partial charge in [-0.25, -0.2) is 0 Å². The van der Waals surface area contributed by atoms with Gasteiger partial charge in [0.25, 0.3) is 0 Å². The summed E-state index contributed by atoms with van der Waals surface area (Å²) in [5.41, 5.74) is 0.268. The molecule has 19 heavy (non-hydrogen) atoms. The Kier molecular flexibility index (Phi) is 4.07. The number of benzene rings is 1. The van der Waals surface area contributed by atoms with E-state index in [1.165, 1.54) is 18.2 Å². The number of phenolic OH excluding ortho intramolecular Hbond substituents is 2. The van der Waals surface area contributed by atoms with Crippen LogP contribution in [0.3, 0.4) is 0 Å². The number of nitrogens with zero attached hydrogens (tertiary/aromatic N) is 2. The second-order valence-corrected chi connectivity index (χ2v) is 5.21. The topological polar surface area (TPSA) is 64.0 Å². The first-order valence-electron chi connectivity index (χ1n) is 6.45. The fraction of sp³-hybridized carbons (Fsp3) is 0.500. The van der Waals surface area contributed by atoms with Crippen LogP contribution in [0, 0.1) is 0 Å². The molecule has 2 N–H and O–H groups in total. The Bertz CT molecular complexity index is 476. The van der Waals surface area contributed by atoms with Crippen LogP contribution in [0.15, 0.2) is 18.2 Å². The van der Waals surface area contributed by atoms with Crippen molar-refractivity contribution in [1.29, 1.82) is 0 Å². The third-order valence-electron chi connectivity index (χ3n) is 3.60. The van der Waals surface area contributed by atoms with Gasteiger partial charge in [0.1, 0.15) is 11.5 Å². The lowest BCUT2D eigenvalue weighted by Crippen LogP contribution is -2.51. The van der Waals surface area contributed by atoms with E-state index in [0.29, 0.717) is 12.6 Å². The summed E-state index contributed by atoms with van der Waals surface area (Å²) in [7, 11) is 2.07. The Balaban J connectivity index is 2.04. The number of Topliss-reactive ketones (excluding diaryl/α,β-unsaturated/α-hetero) is 1. The molecule has 1 atom stereocenters. The summed E-state index contributed by atoms with van der Waals surface area (Å²) >= 11 is 0. The predicted octanol–water partition coefficient (Wildman–Crippen LogP) is 0.916. The zero-order valence-electron chi connectivity index (χ0n) is 11.3. The van der Waals surface area contributed by atoms with Crippen molar-refractivity contribution in [3.8, 4) is 11.5 Å². The normalized spacial score (nSPS) is 21.5. The fourth-order valence-corrected chi connectivity index (χ4v) is 2.44. The molecule has 0 spiro atoms. The van der Waals surface area contributed by atoms with Crippen LogP contribution in [0.25, 0.3) is 0 Å². The van der Waals surface area contributed by atoms with Gasteiger partial charge in [0, 0.05) is 31.7 Å². The molecule has 2 rings (SSSR count). The zero-order valence-corrected chi connectivity index (χ0v) is 11.3. The summed E-state index contributed by atoms with van der Waals surface area (Å²) in [5.74, 6) is -0.317. The van der Waals surface area contributed by atoms with Crippen molar-refractivity contribution >= 4 is 5.78 Å². The molecule has 0 saturated carbocycles. The molecule has 1 aromatic carbocycles. The van der Waals surface area contributed by atoms with E-state index < -0.39 is 0 Å². The number of hydrogen-bond donors (Lipinski definition) is 2. The average Bonchev–Trinajstić information content (AvgIpc) is 2.32. The summed E-state index contributed by atoms with van der Waals surface area (Å²) in [4.78, 5) is 16.5. The fourth-order valence-electron chi connectivity index (χ4n) is 2.44. The SMILES string of the molecule is CC1CN(C)CCN1CC(=O)c1ccc(O)cc1O. The molecule has 104 valence electrons. The number of hydrogen-bond acceptors (Lipinski definition) is 5. The highest BCUT2D eigenvalue weighted by Gasteiger charge is 2.24. The van der Waals surface area contributed by atoms with Crippen LogP contribution in [-0.4, -0.2) is 65.1 Å². The summed E-state index contributed by atoms with van der Waals surface area (Å²) in [6, 6.07) is 4.40. The van der Waals surface area contributed by atoms with Gasteiger partial charge in [-0.1, -0.05) is 0 Å². The first-order valence-corrected chi connectivity index (χ1v) is 6.45. The summed E-state index contributed by atoms with van der Waals surface area (Å²) in [5, 5.41) is 18.9. The smallest absolute Gasteiger partial charge is 0.180 e. The molecule has 0 aromatic heterocycles. The van der Waals surface area contributed by atoms with Crippen LogP contribution in [0.1, 0.15) is 17.3 Å². The lowest BCUT2D eigenvalue weighted by atomic mass is 10.1. The molecule has 1 aliphatic heterocycles. The third kappa shape index (κ3) is 3.24. The Hall–Kier alpha value is -1.59. The van der Waals surface area contributed by atoms with E-state index in [1.54, 1.807) is 0 Å². The predicted molar refractivity (Wildman–Crippen MR) is 72.6 cm³/mol. The minimum atomic E-state index is -0.160. The molecule has 1 saturated heterocycles. The molecule has 0 aliphatic carbocycles. The second-order valence-electron chi connectivity index (χ2n) is 5.21. The van der Waals surface area contributed by atoms with Crippen LogP contribution < -0.4 is 0 Å². The highest BCUT2D eigenvalue weighted by Crippen LogP contribution is 2.23. The van der Waals surface area contributed by atoms with Crippen molar-refractivity contribution < 1.29 is 15.0 Å². The van der Waals surface area contributed by atoms with Crippen LogP contribution in [0.4, 0.5) is 0 Å². The van der Waals surface area contributed by atoms with Gasteiger partial charge in [-0.2, -0.15) is 0 Å². The number of piperazine rings is 1. The van der Waals surface area contributed by atoms with Crippen LogP contribution in [0.2, 0.25) is 0 Å². The van der Waals surface area contributed by atoms with Gasteiger partial charge in [0.05, 0.1) is 12.1 Å². The molecule has 5 heteroatoms. The van der Waals surface area contributed by atoms with Crippen molar-refractivity contribution in [1.82, 2.24) is 9.80 Å². The number of ketones is 1. The first kappa shape index (κ1) is 13.8. The molecule has 1 fully saturated rings. The number of rotatable bonds is 3. The molecule has 1 aliphatic rings. The lowest BCUT2D eigenvalue weighted by Gasteiger charge is -2.37. The standard InChI is InChI=1S/C14H20N2O3/c1-10-8-15(2)5-6-16(10)9-14(19)12-4-3-11(17)7-13(12)18/h3-4,7,10,17-18H,5-6,8-9H2,1-2H3. The van der Waals surface area contributed by atoms with E-state index in [0.717, 1.165) is 19.6 Å². The molecule has 1 unspecified atom stereocenters. The minimum Gasteiger partial charge on any atom is -0.508 e. The Labute approximate surface area is 113 Å². The molecule has 0 amide bonds. The zero-order chi connectivity index (χ0) is 14.0. The molecule has 1 heterocycles. The van der Waals surface area contributed by atoms with E-state index in [1.807, 2.05) is 0 Å². The molecule has 5 nitrogen and oxygen atoms in total. The molecule has 0 radical (unpaired) electrons. The van der Waals surface area contributed by atoms with Gasteiger partial charge < -0.3 is 15.1 Å².